The van der Waals surface area contributed by atoms with E-state index >= 15 is 0 Å². The van der Waals surface area contributed by atoms with E-state index < -0.39 is 23.1 Å². The van der Waals surface area contributed by atoms with Crippen LogP contribution in [-0.4, -0.2) is 20.9 Å². The first kappa shape index (κ1) is 15.3. The second-order valence-electron chi connectivity index (χ2n) is 4.11. The maximum absolute atomic E-state index is 14.1. The van der Waals surface area contributed by atoms with Crippen molar-refractivity contribution >= 4 is 42.3 Å². The van der Waals surface area contributed by atoms with Gasteiger partial charge >= 0.3 is 5.97 Å². The summed E-state index contributed by atoms with van der Waals surface area (Å²) in [6.45, 7) is 0. The van der Waals surface area contributed by atoms with Crippen LogP contribution < -0.4 is 10.8 Å². The molecule has 0 amide bonds. The molecule has 7 heteroatoms. The average molecular weight is 307 g/mol. The first-order valence-corrected chi connectivity index (χ1v) is 6.20. The molecule has 0 aromatic heterocycles. The number of ether oxygens (including phenoxy) is 1. The number of hydrogen-bond acceptors (Lipinski definition) is 3. The van der Waals surface area contributed by atoms with Crippen molar-refractivity contribution in [2.24, 2.45) is 0 Å². The third-order valence-electron chi connectivity index (χ3n) is 2.77. The van der Waals surface area contributed by atoms with Gasteiger partial charge in [-0.3, -0.25) is 0 Å². The Kier molecular flexibility index (Phi) is 4.48. The van der Waals surface area contributed by atoms with Gasteiger partial charge in [-0.25, -0.2) is 13.6 Å². The fraction of sp³-hybridized carbons (Fsp3) is 0.0714. The topological polar surface area (TPSA) is 38.3 Å². The Morgan fingerprint density at radius 1 is 1.29 bits per heavy atom. The van der Waals surface area contributed by atoms with Gasteiger partial charge < -0.3 is 10.1 Å². The fourth-order valence-electron chi connectivity index (χ4n) is 1.74. The lowest BCUT2D eigenvalue weighted by Crippen LogP contribution is -2.18. The minimum absolute atomic E-state index is 0.228. The van der Waals surface area contributed by atoms with Crippen molar-refractivity contribution in [2.45, 2.75) is 0 Å². The van der Waals surface area contributed by atoms with E-state index in [9.17, 15) is 13.6 Å². The number of carbonyl (C=O) groups excluding carboxylic acids is 1. The minimum atomic E-state index is -1.28. The molecule has 2 radical (unpaired) electrons. The molecule has 106 valence electrons. The van der Waals surface area contributed by atoms with Crippen LogP contribution in [0.2, 0.25) is 5.02 Å². The molecule has 3 nitrogen and oxygen atoms in total. The third kappa shape index (κ3) is 3.00. The maximum atomic E-state index is 14.1. The second-order valence-corrected chi connectivity index (χ2v) is 4.52. The first-order valence-electron chi connectivity index (χ1n) is 5.83. The van der Waals surface area contributed by atoms with Crippen LogP contribution >= 0.6 is 11.6 Å². The number of hydrogen-bond donors (Lipinski definition) is 1. The summed E-state index contributed by atoms with van der Waals surface area (Å²) >= 11 is 5.94. The van der Waals surface area contributed by atoms with E-state index in [2.05, 4.69) is 10.1 Å². The molecular weight excluding hydrogens is 298 g/mol. The molecule has 0 aliphatic rings. The summed E-state index contributed by atoms with van der Waals surface area (Å²) in [6.07, 6.45) is 0. The van der Waals surface area contributed by atoms with Crippen molar-refractivity contribution < 1.29 is 18.3 Å². The van der Waals surface area contributed by atoms with Crippen molar-refractivity contribution in [1.29, 1.82) is 0 Å². The van der Waals surface area contributed by atoms with Crippen LogP contribution in [0.3, 0.4) is 0 Å². The molecule has 2 aromatic carbocycles. The summed E-state index contributed by atoms with van der Waals surface area (Å²) in [6, 6.07) is 7.44. The van der Waals surface area contributed by atoms with E-state index in [4.69, 9.17) is 19.4 Å². The molecule has 21 heavy (non-hydrogen) atoms. The molecule has 0 unspecified atom stereocenters. The highest BCUT2D eigenvalue weighted by molar-refractivity contribution is 6.34. The van der Waals surface area contributed by atoms with E-state index in [-0.39, 0.29) is 16.3 Å². The molecule has 0 spiro atoms. The van der Waals surface area contributed by atoms with Gasteiger partial charge in [-0.1, -0.05) is 29.2 Å². The summed E-state index contributed by atoms with van der Waals surface area (Å²) < 4.78 is 32.2. The van der Waals surface area contributed by atoms with Crippen molar-refractivity contribution in [3.05, 3.63) is 52.6 Å². The highest BCUT2D eigenvalue weighted by atomic mass is 35.5. The predicted octanol–water partition coefficient (Wildman–Crippen LogP) is 2.94. The minimum Gasteiger partial charge on any atom is -0.465 e. The van der Waals surface area contributed by atoms with Crippen LogP contribution in [0.1, 0.15) is 10.4 Å². The quantitative estimate of drug-likeness (QED) is 0.700. The van der Waals surface area contributed by atoms with Crippen LogP contribution in [0.25, 0.3) is 0 Å². The molecule has 0 bridgehead atoms. The highest BCUT2D eigenvalue weighted by Gasteiger charge is 2.22. The smallest absolute Gasteiger partial charge is 0.340 e. The van der Waals surface area contributed by atoms with Crippen LogP contribution in [0.4, 0.5) is 20.2 Å². The summed E-state index contributed by atoms with van der Waals surface area (Å²) in [5.74, 6) is -3.39. The summed E-state index contributed by atoms with van der Waals surface area (Å²) in [5.41, 5.74) is -0.791. The summed E-state index contributed by atoms with van der Waals surface area (Å²) in [5, 5.41) is 2.87. The lowest BCUT2D eigenvalue weighted by Gasteiger charge is -2.15. The number of benzene rings is 2. The Bertz CT molecular complexity index is 710. The second kappa shape index (κ2) is 6.14. The number of esters is 1. The predicted molar refractivity (Wildman–Crippen MR) is 77.8 cm³/mol. The van der Waals surface area contributed by atoms with Crippen LogP contribution in [-0.2, 0) is 4.74 Å². The Labute approximate surface area is 126 Å². The Balaban J connectivity index is 2.59. The Hall–Kier alpha value is -2.08. The molecule has 0 saturated carbocycles. The number of nitrogens with one attached hydrogen (secondary N) is 1. The summed E-state index contributed by atoms with van der Waals surface area (Å²) in [7, 11) is 6.45. The molecule has 2 aromatic rings. The zero-order valence-corrected chi connectivity index (χ0v) is 11.7. The van der Waals surface area contributed by atoms with Crippen LogP contribution in [0.5, 0.6) is 0 Å². The Morgan fingerprint density at radius 2 is 1.95 bits per heavy atom. The molecule has 0 fully saturated rings. The molecule has 1 N–H and O–H groups in total. The van der Waals surface area contributed by atoms with Gasteiger partial charge in [0.05, 0.1) is 29.1 Å². The lowest BCUT2D eigenvalue weighted by atomic mass is 9.92. The van der Waals surface area contributed by atoms with Crippen molar-refractivity contribution in [1.82, 2.24) is 0 Å². The largest absolute Gasteiger partial charge is 0.465 e. The van der Waals surface area contributed by atoms with Gasteiger partial charge in [0.1, 0.15) is 7.85 Å². The molecule has 0 heterocycles. The fourth-order valence-corrected chi connectivity index (χ4v) is 1.92. The molecule has 0 saturated heterocycles. The van der Waals surface area contributed by atoms with Gasteiger partial charge in [0.15, 0.2) is 11.6 Å². The number of carbonyl (C=O) groups is 1. The Morgan fingerprint density at radius 3 is 2.57 bits per heavy atom. The third-order valence-corrected chi connectivity index (χ3v) is 3.10. The van der Waals surface area contributed by atoms with E-state index in [0.717, 1.165) is 13.2 Å². The zero-order valence-electron chi connectivity index (χ0n) is 10.9. The number of anilines is 2. The molecular formula is C14H9BClF2NO2. The van der Waals surface area contributed by atoms with E-state index in [1.165, 1.54) is 0 Å². The van der Waals surface area contributed by atoms with Gasteiger partial charge in [0.25, 0.3) is 0 Å². The number of methoxy groups -OCH3 is 1. The molecule has 0 atom stereocenters. The monoisotopic (exact) mass is 307 g/mol. The van der Waals surface area contributed by atoms with Gasteiger partial charge in [0, 0.05) is 0 Å². The normalized spacial score (nSPS) is 10.3. The van der Waals surface area contributed by atoms with Crippen molar-refractivity contribution in [3.63, 3.8) is 0 Å². The van der Waals surface area contributed by atoms with Gasteiger partial charge in [-0.2, -0.15) is 0 Å². The lowest BCUT2D eigenvalue weighted by molar-refractivity contribution is 0.0601. The molecule has 0 aliphatic heterocycles. The van der Waals surface area contributed by atoms with E-state index in [1.54, 1.807) is 24.3 Å². The van der Waals surface area contributed by atoms with Gasteiger partial charge in [-0.15, -0.1) is 0 Å². The average Bonchev–Trinajstić information content (AvgIpc) is 2.48. The number of rotatable bonds is 3. The highest BCUT2D eigenvalue weighted by Crippen LogP contribution is 2.29. The zero-order chi connectivity index (χ0) is 15.6. The van der Waals surface area contributed by atoms with E-state index in [1.807, 2.05) is 0 Å². The van der Waals surface area contributed by atoms with Crippen molar-refractivity contribution in [2.75, 3.05) is 12.4 Å². The van der Waals surface area contributed by atoms with Crippen LogP contribution in [0.15, 0.2) is 30.3 Å². The van der Waals surface area contributed by atoms with Crippen LogP contribution in [0, 0.1) is 11.6 Å². The molecule has 0 aliphatic carbocycles. The number of halogens is 3. The molecule has 2 rings (SSSR count). The van der Waals surface area contributed by atoms with E-state index in [0.29, 0.717) is 5.69 Å². The number of para-hydroxylation sites is 1. The summed E-state index contributed by atoms with van der Waals surface area (Å²) in [4.78, 5) is 11.7. The first-order chi connectivity index (χ1) is 9.95. The van der Waals surface area contributed by atoms with Gasteiger partial charge in [0.2, 0.25) is 0 Å². The standard InChI is InChI=1S/C14H9BClF2NO2/c1-21-14(20)7-6-8(15)11(17)12(18)13(7)19-10-5-3-2-4-9(10)16/h2-6,19H,1H3. The SMILES string of the molecule is [B]c1cc(C(=O)OC)c(Nc2ccccc2Cl)c(F)c1F. The van der Waals surface area contributed by atoms with Crippen molar-refractivity contribution in [3.8, 4) is 0 Å². The maximum Gasteiger partial charge on any atom is 0.340 e. The van der Waals surface area contributed by atoms with Gasteiger partial charge in [-0.05, 0) is 18.2 Å².